The van der Waals surface area contributed by atoms with E-state index in [1.807, 2.05) is 30.3 Å². The molecular weight excluding hydrogens is 438 g/mol. The van der Waals surface area contributed by atoms with E-state index in [0.717, 1.165) is 5.56 Å². The van der Waals surface area contributed by atoms with Crippen molar-refractivity contribution in [2.24, 2.45) is 0 Å². The molecule has 178 valence electrons. The number of nitrogens with zero attached hydrogens (tertiary/aromatic N) is 1. The molecule has 1 saturated carbocycles. The average Bonchev–Trinajstić information content (AvgIpc) is 2.74. The number of rotatable bonds is 6. The van der Waals surface area contributed by atoms with E-state index in [2.05, 4.69) is 10.7 Å². The van der Waals surface area contributed by atoms with Gasteiger partial charge in [-0.25, -0.2) is 24.8 Å². The van der Waals surface area contributed by atoms with E-state index < -0.39 is 23.9 Å². The van der Waals surface area contributed by atoms with Crippen molar-refractivity contribution in [2.45, 2.75) is 70.7 Å². The quantitative estimate of drug-likeness (QED) is 0.364. The molecule has 0 unspecified atom stereocenters. The van der Waals surface area contributed by atoms with E-state index in [4.69, 9.17) is 25.8 Å². The van der Waals surface area contributed by atoms with Gasteiger partial charge in [0, 0.05) is 6.04 Å². The Kier molecular flexibility index (Phi) is 9.90. The first-order valence-electron chi connectivity index (χ1n) is 10.7. The van der Waals surface area contributed by atoms with E-state index in [1.54, 1.807) is 20.8 Å². The molecule has 9 nitrogen and oxygen atoms in total. The molecule has 10 heteroatoms. The van der Waals surface area contributed by atoms with Crippen LogP contribution in [0.3, 0.4) is 0 Å². The summed E-state index contributed by atoms with van der Waals surface area (Å²) in [6.07, 6.45) is 0.405. The monoisotopic (exact) mass is 469 g/mol. The largest absolute Gasteiger partial charge is 0.448 e. The number of alkyl carbamates (subject to hydrolysis) is 1. The van der Waals surface area contributed by atoms with Crippen molar-refractivity contribution >= 4 is 29.9 Å². The van der Waals surface area contributed by atoms with Crippen LogP contribution in [0.4, 0.5) is 14.4 Å². The first-order chi connectivity index (χ1) is 15.2. The van der Waals surface area contributed by atoms with Crippen LogP contribution in [0.25, 0.3) is 0 Å². The van der Waals surface area contributed by atoms with E-state index in [9.17, 15) is 14.4 Å². The number of hydrogen-bond donors (Lipinski definition) is 2. The number of benzene rings is 1. The number of amides is 3. The van der Waals surface area contributed by atoms with Gasteiger partial charge in [0.1, 0.15) is 18.8 Å². The van der Waals surface area contributed by atoms with E-state index >= 15 is 0 Å². The van der Waals surface area contributed by atoms with Gasteiger partial charge in [0.15, 0.2) is 0 Å². The van der Waals surface area contributed by atoms with Crippen molar-refractivity contribution < 1.29 is 28.6 Å². The fourth-order valence-corrected chi connectivity index (χ4v) is 3.37. The number of nitrogens with one attached hydrogen (secondary N) is 2. The number of halogens is 1. The molecule has 2 rings (SSSR count). The van der Waals surface area contributed by atoms with Crippen LogP contribution >= 0.6 is 11.6 Å². The highest BCUT2D eigenvalue weighted by Crippen LogP contribution is 2.23. The zero-order chi connectivity index (χ0) is 23.6. The second kappa shape index (κ2) is 12.4. The minimum atomic E-state index is -0.737. The first-order valence-corrected chi connectivity index (χ1v) is 11.2. The van der Waals surface area contributed by atoms with E-state index in [0.29, 0.717) is 25.7 Å². The summed E-state index contributed by atoms with van der Waals surface area (Å²) in [6.45, 7) is 5.44. The normalized spacial score (nSPS) is 18.2. The summed E-state index contributed by atoms with van der Waals surface area (Å²) >= 11 is 5.52. The molecule has 0 bridgehead atoms. The third-order valence-electron chi connectivity index (χ3n) is 4.71. The standard InChI is InChI=1S/C22H32ClN3O6/c1-22(2,3)32-20(28)25-26(21(29)31-15-16-7-5-4-6-8-16)18-11-9-17(10-12-18)24-19(27)30-14-13-23/h4-8,17-18H,9-15H2,1-3H3,(H,24,27)(H,25,28). The van der Waals surface area contributed by atoms with Crippen molar-refractivity contribution in [2.75, 3.05) is 12.5 Å². The van der Waals surface area contributed by atoms with Crippen molar-refractivity contribution in [3.63, 3.8) is 0 Å². The van der Waals surface area contributed by atoms with Crippen LogP contribution in [0.2, 0.25) is 0 Å². The molecule has 0 aromatic heterocycles. The summed E-state index contributed by atoms with van der Waals surface area (Å²) in [5.74, 6) is 0.233. The smallest absolute Gasteiger partial charge is 0.429 e. The van der Waals surface area contributed by atoms with Crippen LogP contribution in [-0.2, 0) is 20.8 Å². The van der Waals surface area contributed by atoms with Gasteiger partial charge in [-0.2, -0.15) is 0 Å². The lowest BCUT2D eigenvalue weighted by Gasteiger charge is -2.36. The van der Waals surface area contributed by atoms with Crippen LogP contribution in [-0.4, -0.2) is 53.5 Å². The highest BCUT2D eigenvalue weighted by atomic mass is 35.5. The zero-order valence-electron chi connectivity index (χ0n) is 18.8. The van der Waals surface area contributed by atoms with Gasteiger partial charge in [-0.15, -0.1) is 11.6 Å². The molecule has 2 N–H and O–H groups in total. The number of hydrazine groups is 1. The maximum absolute atomic E-state index is 12.8. The molecule has 0 atom stereocenters. The fraction of sp³-hybridized carbons (Fsp3) is 0.591. The summed E-state index contributed by atoms with van der Waals surface area (Å²) in [6, 6.07) is 8.89. The molecule has 0 aliphatic heterocycles. The highest BCUT2D eigenvalue weighted by Gasteiger charge is 2.33. The SMILES string of the molecule is CC(C)(C)OC(=O)NN(C(=O)OCc1ccccc1)C1CCC(NC(=O)OCCCl)CC1. The van der Waals surface area contributed by atoms with Crippen LogP contribution < -0.4 is 10.7 Å². The van der Waals surface area contributed by atoms with Crippen LogP contribution in [0.15, 0.2) is 30.3 Å². The lowest BCUT2D eigenvalue weighted by molar-refractivity contribution is 0.0113. The van der Waals surface area contributed by atoms with E-state index in [-0.39, 0.29) is 31.2 Å². The van der Waals surface area contributed by atoms with Gasteiger partial charge in [-0.1, -0.05) is 30.3 Å². The lowest BCUT2D eigenvalue weighted by atomic mass is 9.91. The summed E-state index contributed by atoms with van der Waals surface area (Å²) in [4.78, 5) is 36.9. The number of hydrogen-bond acceptors (Lipinski definition) is 6. The van der Waals surface area contributed by atoms with Crippen molar-refractivity contribution in [1.29, 1.82) is 0 Å². The first kappa shape index (κ1) is 25.6. The summed E-state index contributed by atoms with van der Waals surface area (Å²) < 4.78 is 15.7. The molecule has 3 amide bonds. The second-order valence-corrected chi connectivity index (χ2v) is 8.88. The second-order valence-electron chi connectivity index (χ2n) is 8.50. The molecule has 0 radical (unpaired) electrons. The van der Waals surface area contributed by atoms with Gasteiger partial charge in [0.25, 0.3) is 0 Å². The molecule has 1 aromatic carbocycles. The molecule has 0 saturated heterocycles. The zero-order valence-corrected chi connectivity index (χ0v) is 19.5. The van der Waals surface area contributed by atoms with Gasteiger partial charge in [-0.3, -0.25) is 0 Å². The van der Waals surface area contributed by atoms with Crippen LogP contribution in [0.5, 0.6) is 0 Å². The van der Waals surface area contributed by atoms with Gasteiger partial charge in [0.2, 0.25) is 0 Å². The Morgan fingerprint density at radius 3 is 2.28 bits per heavy atom. The van der Waals surface area contributed by atoms with Gasteiger partial charge in [0.05, 0.1) is 11.9 Å². The van der Waals surface area contributed by atoms with Crippen LogP contribution in [0, 0.1) is 0 Å². The number of alkyl halides is 1. The number of carbonyl (C=O) groups is 3. The Hall–Kier alpha value is -2.68. The predicted octanol–water partition coefficient (Wildman–Crippen LogP) is 4.34. The Morgan fingerprint density at radius 1 is 1.03 bits per heavy atom. The molecular formula is C22H32ClN3O6. The predicted molar refractivity (Wildman–Crippen MR) is 119 cm³/mol. The average molecular weight is 470 g/mol. The number of ether oxygens (including phenoxy) is 3. The number of carbonyl (C=O) groups excluding carboxylic acids is 3. The highest BCUT2D eigenvalue weighted by molar-refractivity contribution is 6.18. The summed E-state index contributed by atoms with van der Waals surface area (Å²) in [7, 11) is 0. The molecule has 0 spiro atoms. The van der Waals surface area contributed by atoms with Crippen molar-refractivity contribution in [1.82, 2.24) is 15.8 Å². The summed E-state index contributed by atoms with van der Waals surface area (Å²) in [5, 5.41) is 3.99. The van der Waals surface area contributed by atoms with Crippen molar-refractivity contribution in [3.8, 4) is 0 Å². The molecule has 32 heavy (non-hydrogen) atoms. The minimum Gasteiger partial charge on any atom is -0.448 e. The molecule has 1 aliphatic carbocycles. The van der Waals surface area contributed by atoms with Crippen molar-refractivity contribution in [3.05, 3.63) is 35.9 Å². The molecule has 1 aliphatic rings. The Balaban J connectivity index is 1.97. The Morgan fingerprint density at radius 2 is 1.69 bits per heavy atom. The third kappa shape index (κ3) is 9.21. The maximum Gasteiger partial charge on any atom is 0.429 e. The maximum atomic E-state index is 12.8. The molecule has 1 fully saturated rings. The fourth-order valence-electron chi connectivity index (χ4n) is 3.29. The van der Waals surface area contributed by atoms with E-state index in [1.165, 1.54) is 5.01 Å². The third-order valence-corrected chi connectivity index (χ3v) is 4.86. The minimum absolute atomic E-state index is 0.0789. The Labute approximate surface area is 193 Å². The Bertz CT molecular complexity index is 748. The topological polar surface area (TPSA) is 106 Å². The molecule has 1 aromatic rings. The molecule has 0 heterocycles. The van der Waals surface area contributed by atoms with Gasteiger partial charge >= 0.3 is 18.3 Å². The van der Waals surface area contributed by atoms with Crippen LogP contribution in [0.1, 0.15) is 52.0 Å². The van der Waals surface area contributed by atoms with Gasteiger partial charge < -0.3 is 19.5 Å². The van der Waals surface area contributed by atoms with Gasteiger partial charge in [-0.05, 0) is 52.0 Å². The summed E-state index contributed by atoms with van der Waals surface area (Å²) in [5.41, 5.74) is 2.65. The lowest BCUT2D eigenvalue weighted by Crippen LogP contribution is -2.55.